The Labute approximate surface area is 167 Å². The second-order valence-electron chi connectivity index (χ2n) is 5.99. The van der Waals surface area contributed by atoms with Gasteiger partial charge in [-0.1, -0.05) is 71.9 Å². The minimum atomic E-state index is 0.705. The zero-order chi connectivity index (χ0) is 18.5. The van der Waals surface area contributed by atoms with E-state index in [2.05, 4.69) is 31.9 Å². The Morgan fingerprint density at radius 3 is 2.37 bits per heavy atom. The standard InChI is InChI=1S/C21H17ClN4S/c22-19-9-5-4-8-18(19)15-27-21-25-24-20(17-10-12-23-13-11-17)26(21)14-16-6-2-1-3-7-16/h1-13H,14-15H2. The number of nitrogens with zero attached hydrogens (tertiary/aromatic N) is 4. The molecule has 4 aromatic rings. The molecule has 0 atom stereocenters. The maximum atomic E-state index is 6.30. The van der Waals surface area contributed by atoms with Crippen molar-refractivity contribution in [3.05, 3.63) is 95.3 Å². The summed E-state index contributed by atoms with van der Waals surface area (Å²) in [6, 6.07) is 22.1. The Hall–Kier alpha value is -2.63. The van der Waals surface area contributed by atoms with E-state index in [9.17, 15) is 0 Å². The van der Waals surface area contributed by atoms with Gasteiger partial charge in [0.2, 0.25) is 0 Å². The van der Waals surface area contributed by atoms with E-state index in [0.29, 0.717) is 6.54 Å². The first kappa shape index (κ1) is 17.8. The number of benzene rings is 2. The molecule has 0 unspecified atom stereocenters. The summed E-state index contributed by atoms with van der Waals surface area (Å²) >= 11 is 7.94. The van der Waals surface area contributed by atoms with Crippen molar-refractivity contribution in [1.82, 2.24) is 19.7 Å². The Morgan fingerprint density at radius 1 is 0.852 bits per heavy atom. The summed E-state index contributed by atoms with van der Waals surface area (Å²) < 4.78 is 2.15. The highest BCUT2D eigenvalue weighted by Gasteiger charge is 2.15. The largest absolute Gasteiger partial charge is 0.298 e. The first-order valence-electron chi connectivity index (χ1n) is 8.55. The van der Waals surface area contributed by atoms with Gasteiger partial charge in [-0.05, 0) is 29.3 Å². The lowest BCUT2D eigenvalue weighted by Gasteiger charge is -2.11. The lowest BCUT2D eigenvalue weighted by atomic mass is 10.2. The van der Waals surface area contributed by atoms with Crippen LogP contribution in [0.15, 0.2) is 84.3 Å². The van der Waals surface area contributed by atoms with Crippen LogP contribution in [0, 0.1) is 0 Å². The summed E-state index contributed by atoms with van der Waals surface area (Å²) in [5, 5.41) is 10.5. The predicted molar refractivity (Wildman–Crippen MR) is 110 cm³/mol. The third-order valence-electron chi connectivity index (χ3n) is 4.15. The summed E-state index contributed by atoms with van der Waals surface area (Å²) in [5.74, 6) is 1.58. The fourth-order valence-corrected chi connectivity index (χ4v) is 4.00. The smallest absolute Gasteiger partial charge is 0.192 e. The molecule has 27 heavy (non-hydrogen) atoms. The Bertz CT molecular complexity index is 1020. The molecule has 0 bridgehead atoms. The van der Waals surface area contributed by atoms with Crippen molar-refractivity contribution in [2.45, 2.75) is 17.5 Å². The molecule has 2 aromatic heterocycles. The van der Waals surface area contributed by atoms with E-state index < -0.39 is 0 Å². The first-order valence-corrected chi connectivity index (χ1v) is 9.91. The van der Waals surface area contributed by atoms with E-state index in [4.69, 9.17) is 11.6 Å². The molecule has 0 aliphatic carbocycles. The minimum absolute atomic E-state index is 0.705. The lowest BCUT2D eigenvalue weighted by Crippen LogP contribution is -2.04. The molecule has 0 aliphatic rings. The topological polar surface area (TPSA) is 43.6 Å². The van der Waals surface area contributed by atoms with Crippen LogP contribution in [-0.2, 0) is 12.3 Å². The molecule has 0 radical (unpaired) electrons. The zero-order valence-electron chi connectivity index (χ0n) is 14.5. The number of hydrogen-bond donors (Lipinski definition) is 0. The zero-order valence-corrected chi connectivity index (χ0v) is 16.1. The van der Waals surface area contributed by atoms with Crippen LogP contribution in [0.3, 0.4) is 0 Å². The molecule has 6 heteroatoms. The van der Waals surface area contributed by atoms with Crippen molar-refractivity contribution < 1.29 is 0 Å². The van der Waals surface area contributed by atoms with E-state index in [1.165, 1.54) is 5.56 Å². The summed E-state index contributed by atoms with van der Waals surface area (Å²) in [7, 11) is 0. The number of hydrogen-bond acceptors (Lipinski definition) is 4. The third-order valence-corrected chi connectivity index (χ3v) is 5.54. The van der Waals surface area contributed by atoms with Gasteiger partial charge in [0, 0.05) is 28.7 Å². The average Bonchev–Trinajstić information content (AvgIpc) is 3.11. The van der Waals surface area contributed by atoms with E-state index >= 15 is 0 Å². The molecule has 0 saturated carbocycles. The van der Waals surface area contributed by atoms with Crippen molar-refractivity contribution in [2.24, 2.45) is 0 Å². The second kappa shape index (κ2) is 8.37. The molecular formula is C21H17ClN4S. The molecule has 2 aromatic carbocycles. The van der Waals surface area contributed by atoms with Crippen LogP contribution < -0.4 is 0 Å². The van der Waals surface area contributed by atoms with E-state index in [0.717, 1.165) is 32.9 Å². The monoisotopic (exact) mass is 392 g/mol. The van der Waals surface area contributed by atoms with Gasteiger partial charge in [0.1, 0.15) is 0 Å². The van der Waals surface area contributed by atoms with Gasteiger partial charge < -0.3 is 0 Å². The molecule has 4 rings (SSSR count). The van der Waals surface area contributed by atoms with Gasteiger partial charge in [0.05, 0.1) is 6.54 Å². The summed E-state index contributed by atoms with van der Waals surface area (Å²) in [5.41, 5.74) is 3.29. The summed E-state index contributed by atoms with van der Waals surface area (Å²) in [4.78, 5) is 4.10. The van der Waals surface area contributed by atoms with E-state index in [1.54, 1.807) is 24.2 Å². The van der Waals surface area contributed by atoms with Gasteiger partial charge in [0.25, 0.3) is 0 Å². The maximum absolute atomic E-state index is 6.30. The van der Waals surface area contributed by atoms with Gasteiger partial charge in [0.15, 0.2) is 11.0 Å². The maximum Gasteiger partial charge on any atom is 0.192 e. The van der Waals surface area contributed by atoms with Crippen molar-refractivity contribution in [3.63, 3.8) is 0 Å². The highest BCUT2D eigenvalue weighted by molar-refractivity contribution is 7.98. The van der Waals surface area contributed by atoms with Crippen molar-refractivity contribution >= 4 is 23.4 Å². The van der Waals surface area contributed by atoms with Gasteiger partial charge in [-0.15, -0.1) is 10.2 Å². The molecule has 0 aliphatic heterocycles. The van der Waals surface area contributed by atoms with E-state index in [-0.39, 0.29) is 0 Å². The summed E-state index contributed by atoms with van der Waals surface area (Å²) in [6.45, 7) is 0.705. The molecule has 134 valence electrons. The highest BCUT2D eigenvalue weighted by atomic mass is 35.5. The molecule has 0 saturated heterocycles. The van der Waals surface area contributed by atoms with Gasteiger partial charge in [-0.2, -0.15) is 0 Å². The number of rotatable bonds is 6. The first-order chi connectivity index (χ1) is 13.3. The molecule has 0 fully saturated rings. The SMILES string of the molecule is Clc1ccccc1CSc1nnc(-c2ccncc2)n1Cc1ccccc1. The Morgan fingerprint density at radius 2 is 1.59 bits per heavy atom. The molecule has 0 spiro atoms. The van der Waals surface area contributed by atoms with E-state index in [1.807, 2.05) is 54.6 Å². The minimum Gasteiger partial charge on any atom is -0.298 e. The number of thioether (sulfide) groups is 1. The number of aromatic nitrogens is 4. The second-order valence-corrected chi connectivity index (χ2v) is 7.34. The van der Waals surface area contributed by atoms with Crippen LogP contribution >= 0.6 is 23.4 Å². The van der Waals surface area contributed by atoms with Crippen LogP contribution in [-0.4, -0.2) is 19.7 Å². The quantitative estimate of drug-likeness (QED) is 0.416. The molecule has 4 nitrogen and oxygen atoms in total. The number of pyridine rings is 1. The Kier molecular flexibility index (Phi) is 5.51. The van der Waals surface area contributed by atoms with Gasteiger partial charge >= 0.3 is 0 Å². The van der Waals surface area contributed by atoms with Gasteiger partial charge in [-0.3, -0.25) is 9.55 Å². The van der Waals surface area contributed by atoms with Crippen LogP contribution in [0.1, 0.15) is 11.1 Å². The fraction of sp³-hybridized carbons (Fsp3) is 0.0952. The van der Waals surface area contributed by atoms with Crippen LogP contribution in [0.25, 0.3) is 11.4 Å². The third kappa shape index (κ3) is 4.21. The molecule has 0 N–H and O–H groups in total. The summed E-state index contributed by atoms with van der Waals surface area (Å²) in [6.07, 6.45) is 3.54. The van der Waals surface area contributed by atoms with Crippen LogP contribution in [0.5, 0.6) is 0 Å². The lowest BCUT2D eigenvalue weighted by molar-refractivity contribution is 0.714. The van der Waals surface area contributed by atoms with Gasteiger partial charge in [-0.25, -0.2) is 0 Å². The molecular weight excluding hydrogens is 376 g/mol. The number of halogens is 1. The highest BCUT2D eigenvalue weighted by Crippen LogP contribution is 2.29. The average molecular weight is 393 g/mol. The van der Waals surface area contributed by atoms with Crippen molar-refractivity contribution in [2.75, 3.05) is 0 Å². The fourth-order valence-electron chi connectivity index (χ4n) is 2.78. The van der Waals surface area contributed by atoms with Crippen LogP contribution in [0.4, 0.5) is 0 Å². The van der Waals surface area contributed by atoms with Crippen LogP contribution in [0.2, 0.25) is 5.02 Å². The van der Waals surface area contributed by atoms with Crippen molar-refractivity contribution in [3.8, 4) is 11.4 Å². The molecule has 0 amide bonds. The predicted octanol–water partition coefficient (Wildman–Crippen LogP) is 5.33. The van der Waals surface area contributed by atoms with Crippen molar-refractivity contribution in [1.29, 1.82) is 0 Å². The normalized spacial score (nSPS) is 10.9. The molecule has 2 heterocycles. The Balaban J connectivity index is 1.66.